The first-order valence-corrected chi connectivity index (χ1v) is 6.51. The van der Waals surface area contributed by atoms with Crippen molar-refractivity contribution in [1.29, 1.82) is 0 Å². The van der Waals surface area contributed by atoms with E-state index in [9.17, 15) is 4.79 Å². The number of rotatable bonds is 3. The van der Waals surface area contributed by atoms with Crippen LogP contribution in [0, 0.1) is 0 Å². The van der Waals surface area contributed by atoms with Crippen LogP contribution < -0.4 is 4.74 Å². The normalized spacial score (nSPS) is 18.8. The monoisotopic (exact) mass is 261 g/mol. The average Bonchev–Trinajstić information content (AvgIpc) is 2.39. The molecule has 19 heavy (non-hydrogen) atoms. The number of nitrogens with zero attached hydrogens (tertiary/aromatic N) is 3. The SMILES string of the molecule is CC(C)=CC(=O)N1CCCC(Oc2cnccn2)C1. The van der Waals surface area contributed by atoms with Crippen LogP contribution in [-0.4, -0.2) is 40.0 Å². The van der Waals surface area contributed by atoms with Gasteiger partial charge in [-0.1, -0.05) is 5.57 Å². The Kier molecular flexibility index (Phi) is 4.49. The zero-order valence-electron chi connectivity index (χ0n) is 11.4. The molecule has 1 unspecified atom stereocenters. The molecule has 1 aliphatic heterocycles. The number of carbonyl (C=O) groups is 1. The van der Waals surface area contributed by atoms with Gasteiger partial charge in [-0.3, -0.25) is 9.78 Å². The van der Waals surface area contributed by atoms with Crippen LogP contribution in [0.3, 0.4) is 0 Å². The molecule has 5 heteroatoms. The number of allylic oxidation sites excluding steroid dienone is 1. The summed E-state index contributed by atoms with van der Waals surface area (Å²) in [5, 5.41) is 0. The number of hydrogen-bond donors (Lipinski definition) is 0. The third kappa shape index (κ3) is 4.05. The fraction of sp³-hybridized carbons (Fsp3) is 0.500. The minimum Gasteiger partial charge on any atom is -0.471 e. The van der Waals surface area contributed by atoms with Gasteiger partial charge in [0.25, 0.3) is 0 Å². The number of ether oxygens (including phenoxy) is 1. The predicted octanol–water partition coefficient (Wildman–Crippen LogP) is 1.81. The van der Waals surface area contributed by atoms with Crippen LogP contribution in [-0.2, 0) is 4.79 Å². The zero-order valence-corrected chi connectivity index (χ0v) is 11.4. The lowest BCUT2D eigenvalue weighted by Gasteiger charge is -2.32. The molecule has 1 aromatic rings. The smallest absolute Gasteiger partial charge is 0.246 e. The number of amides is 1. The molecule has 1 aliphatic rings. The topological polar surface area (TPSA) is 55.3 Å². The highest BCUT2D eigenvalue weighted by Crippen LogP contribution is 2.16. The Morgan fingerprint density at radius 3 is 3.00 bits per heavy atom. The molecule has 1 saturated heterocycles. The molecule has 0 bridgehead atoms. The molecule has 0 spiro atoms. The summed E-state index contributed by atoms with van der Waals surface area (Å²) in [6.07, 6.45) is 8.37. The van der Waals surface area contributed by atoms with E-state index in [4.69, 9.17) is 4.74 Å². The average molecular weight is 261 g/mol. The van der Waals surface area contributed by atoms with E-state index < -0.39 is 0 Å². The van der Waals surface area contributed by atoms with Crippen LogP contribution in [0.1, 0.15) is 26.7 Å². The number of piperidine rings is 1. The molecule has 102 valence electrons. The second kappa shape index (κ2) is 6.31. The molecule has 0 saturated carbocycles. The van der Waals surface area contributed by atoms with Gasteiger partial charge in [0.15, 0.2) is 0 Å². The maximum atomic E-state index is 12.0. The molecule has 5 nitrogen and oxygen atoms in total. The molecule has 1 amide bonds. The van der Waals surface area contributed by atoms with E-state index in [0.29, 0.717) is 12.4 Å². The quantitative estimate of drug-likeness (QED) is 0.779. The van der Waals surface area contributed by atoms with Gasteiger partial charge in [-0.15, -0.1) is 0 Å². The van der Waals surface area contributed by atoms with Gasteiger partial charge in [0, 0.05) is 25.0 Å². The van der Waals surface area contributed by atoms with Gasteiger partial charge in [0.1, 0.15) is 6.10 Å². The summed E-state index contributed by atoms with van der Waals surface area (Å²) in [5.41, 5.74) is 1.02. The maximum Gasteiger partial charge on any atom is 0.246 e. The van der Waals surface area contributed by atoms with Gasteiger partial charge in [0.2, 0.25) is 11.8 Å². The lowest BCUT2D eigenvalue weighted by Crippen LogP contribution is -2.43. The molecular weight excluding hydrogens is 242 g/mol. The van der Waals surface area contributed by atoms with Gasteiger partial charge < -0.3 is 9.64 Å². The molecule has 0 aliphatic carbocycles. The lowest BCUT2D eigenvalue weighted by molar-refractivity contribution is -0.128. The van der Waals surface area contributed by atoms with Crippen molar-refractivity contribution in [3.05, 3.63) is 30.2 Å². The predicted molar refractivity (Wildman–Crippen MR) is 71.7 cm³/mol. The van der Waals surface area contributed by atoms with Crippen molar-refractivity contribution in [2.45, 2.75) is 32.8 Å². The summed E-state index contributed by atoms with van der Waals surface area (Å²) in [5.74, 6) is 0.580. The number of carbonyl (C=O) groups excluding carboxylic acids is 1. The molecule has 1 fully saturated rings. The van der Waals surface area contributed by atoms with E-state index in [0.717, 1.165) is 25.0 Å². The molecule has 2 rings (SSSR count). The van der Waals surface area contributed by atoms with Gasteiger partial charge in [-0.05, 0) is 26.7 Å². The van der Waals surface area contributed by atoms with Crippen LogP contribution in [0.15, 0.2) is 30.2 Å². The molecule has 1 atom stereocenters. The van der Waals surface area contributed by atoms with Crippen LogP contribution in [0.4, 0.5) is 0 Å². The first-order chi connectivity index (χ1) is 9.15. The summed E-state index contributed by atoms with van der Waals surface area (Å²) in [6, 6.07) is 0. The number of hydrogen-bond acceptors (Lipinski definition) is 4. The Labute approximate surface area is 113 Å². The Morgan fingerprint density at radius 2 is 2.32 bits per heavy atom. The Morgan fingerprint density at radius 1 is 1.47 bits per heavy atom. The van der Waals surface area contributed by atoms with E-state index in [2.05, 4.69) is 9.97 Å². The summed E-state index contributed by atoms with van der Waals surface area (Å²) in [4.78, 5) is 21.9. The molecule has 0 N–H and O–H groups in total. The van der Waals surface area contributed by atoms with Gasteiger partial charge in [-0.2, -0.15) is 0 Å². The van der Waals surface area contributed by atoms with E-state index in [-0.39, 0.29) is 12.0 Å². The highest BCUT2D eigenvalue weighted by Gasteiger charge is 2.24. The third-order valence-corrected chi connectivity index (χ3v) is 2.93. The van der Waals surface area contributed by atoms with Crippen molar-refractivity contribution in [2.75, 3.05) is 13.1 Å². The Hall–Kier alpha value is -1.91. The van der Waals surface area contributed by atoms with Crippen molar-refractivity contribution in [3.8, 4) is 5.88 Å². The Balaban J connectivity index is 1.94. The maximum absolute atomic E-state index is 12.0. The highest BCUT2D eigenvalue weighted by molar-refractivity contribution is 5.88. The fourth-order valence-electron chi connectivity index (χ4n) is 2.09. The van der Waals surface area contributed by atoms with Crippen LogP contribution in [0.2, 0.25) is 0 Å². The standard InChI is InChI=1S/C14H19N3O2/c1-11(2)8-14(18)17-7-3-4-12(10-17)19-13-9-15-5-6-16-13/h5-6,8-9,12H,3-4,7,10H2,1-2H3. The third-order valence-electron chi connectivity index (χ3n) is 2.93. The van der Waals surface area contributed by atoms with Crippen molar-refractivity contribution < 1.29 is 9.53 Å². The van der Waals surface area contributed by atoms with Gasteiger partial charge in [0.05, 0.1) is 12.7 Å². The minimum atomic E-state index is -0.0000350. The van der Waals surface area contributed by atoms with Crippen LogP contribution >= 0.6 is 0 Å². The fourth-order valence-corrected chi connectivity index (χ4v) is 2.09. The van der Waals surface area contributed by atoms with Gasteiger partial charge in [-0.25, -0.2) is 4.98 Å². The minimum absolute atomic E-state index is 0.0000350. The van der Waals surface area contributed by atoms with Crippen molar-refractivity contribution in [3.63, 3.8) is 0 Å². The first-order valence-electron chi connectivity index (χ1n) is 6.51. The summed E-state index contributed by atoms with van der Waals surface area (Å²) >= 11 is 0. The highest BCUT2D eigenvalue weighted by atomic mass is 16.5. The number of aromatic nitrogens is 2. The van der Waals surface area contributed by atoms with Crippen LogP contribution in [0.25, 0.3) is 0 Å². The second-order valence-electron chi connectivity index (χ2n) is 4.93. The Bertz CT molecular complexity index is 455. The van der Waals surface area contributed by atoms with Crippen LogP contribution in [0.5, 0.6) is 5.88 Å². The summed E-state index contributed by atoms with van der Waals surface area (Å²) < 4.78 is 5.75. The zero-order chi connectivity index (χ0) is 13.7. The van der Waals surface area contributed by atoms with Crippen molar-refractivity contribution >= 4 is 5.91 Å². The van der Waals surface area contributed by atoms with E-state index in [1.54, 1.807) is 24.7 Å². The molecule has 1 aromatic heterocycles. The molecule has 0 radical (unpaired) electrons. The van der Waals surface area contributed by atoms with Crippen molar-refractivity contribution in [1.82, 2.24) is 14.9 Å². The first kappa shape index (κ1) is 13.5. The van der Waals surface area contributed by atoms with E-state index >= 15 is 0 Å². The molecule has 0 aromatic carbocycles. The summed E-state index contributed by atoms with van der Waals surface area (Å²) in [7, 11) is 0. The molecule has 2 heterocycles. The second-order valence-corrected chi connectivity index (χ2v) is 4.93. The van der Waals surface area contributed by atoms with Crippen molar-refractivity contribution in [2.24, 2.45) is 0 Å². The van der Waals surface area contributed by atoms with Gasteiger partial charge >= 0.3 is 0 Å². The molecular formula is C14H19N3O2. The van der Waals surface area contributed by atoms with E-state index in [1.165, 1.54) is 0 Å². The summed E-state index contributed by atoms with van der Waals surface area (Å²) in [6.45, 7) is 5.26. The largest absolute Gasteiger partial charge is 0.471 e. The lowest BCUT2D eigenvalue weighted by atomic mass is 10.1. The number of likely N-dealkylation sites (tertiary alicyclic amines) is 1. The van der Waals surface area contributed by atoms with E-state index in [1.807, 2.05) is 18.7 Å².